The quantitative estimate of drug-likeness (QED) is 0.901. The summed E-state index contributed by atoms with van der Waals surface area (Å²) in [5.41, 5.74) is 0. The molecule has 0 aliphatic carbocycles. The van der Waals surface area contributed by atoms with Gasteiger partial charge in [-0.2, -0.15) is 4.31 Å². The SMILES string of the molecule is O=S(=O)(c1cccc(Cl)c1Cl)N1CCNCC1. The molecule has 0 saturated carbocycles. The van der Waals surface area contributed by atoms with Crippen LogP contribution in [0.5, 0.6) is 0 Å². The van der Waals surface area contributed by atoms with Crippen LogP contribution in [0.25, 0.3) is 0 Å². The van der Waals surface area contributed by atoms with E-state index >= 15 is 0 Å². The Hall–Kier alpha value is -0.330. The summed E-state index contributed by atoms with van der Waals surface area (Å²) < 4.78 is 26.0. The first-order valence-electron chi connectivity index (χ1n) is 5.18. The minimum atomic E-state index is -3.54. The lowest BCUT2D eigenvalue weighted by Gasteiger charge is -2.27. The molecule has 1 aliphatic rings. The lowest BCUT2D eigenvalue weighted by atomic mass is 10.4. The molecule has 1 N–H and O–H groups in total. The first-order valence-corrected chi connectivity index (χ1v) is 7.38. The van der Waals surface area contributed by atoms with Crippen LogP contribution in [-0.4, -0.2) is 38.9 Å². The van der Waals surface area contributed by atoms with Gasteiger partial charge in [-0.25, -0.2) is 8.42 Å². The fourth-order valence-electron chi connectivity index (χ4n) is 1.71. The van der Waals surface area contributed by atoms with Crippen molar-refractivity contribution in [3.8, 4) is 0 Å². The number of rotatable bonds is 2. The average Bonchev–Trinajstić information content (AvgIpc) is 2.33. The molecule has 1 fully saturated rings. The molecule has 1 saturated heterocycles. The smallest absolute Gasteiger partial charge is 0.244 e. The zero-order chi connectivity index (χ0) is 12.5. The van der Waals surface area contributed by atoms with Gasteiger partial charge in [0, 0.05) is 26.2 Å². The highest BCUT2D eigenvalue weighted by atomic mass is 35.5. The van der Waals surface area contributed by atoms with Crippen LogP contribution in [0.3, 0.4) is 0 Å². The van der Waals surface area contributed by atoms with Crippen LogP contribution in [0.4, 0.5) is 0 Å². The summed E-state index contributed by atoms with van der Waals surface area (Å²) in [4.78, 5) is 0.0774. The Morgan fingerprint density at radius 3 is 2.47 bits per heavy atom. The number of sulfonamides is 1. The third-order valence-electron chi connectivity index (χ3n) is 2.61. The first kappa shape index (κ1) is 13.1. The van der Waals surface area contributed by atoms with E-state index in [2.05, 4.69) is 5.32 Å². The normalized spacial score (nSPS) is 18.2. The van der Waals surface area contributed by atoms with Gasteiger partial charge in [0.05, 0.1) is 10.0 Å². The largest absolute Gasteiger partial charge is 0.314 e. The number of hydrogen-bond donors (Lipinski definition) is 1. The van der Waals surface area contributed by atoms with Gasteiger partial charge >= 0.3 is 0 Å². The van der Waals surface area contributed by atoms with Gasteiger partial charge in [-0.15, -0.1) is 0 Å². The second-order valence-corrected chi connectivity index (χ2v) is 6.40. The molecule has 0 amide bonds. The Morgan fingerprint density at radius 1 is 1.18 bits per heavy atom. The van der Waals surface area contributed by atoms with Crippen molar-refractivity contribution in [1.29, 1.82) is 0 Å². The number of benzene rings is 1. The van der Waals surface area contributed by atoms with E-state index in [0.717, 1.165) is 0 Å². The number of halogens is 2. The van der Waals surface area contributed by atoms with Crippen molar-refractivity contribution in [3.05, 3.63) is 28.2 Å². The minimum Gasteiger partial charge on any atom is -0.314 e. The Balaban J connectivity index is 2.40. The second kappa shape index (κ2) is 5.12. The van der Waals surface area contributed by atoms with Crippen LogP contribution in [-0.2, 0) is 10.0 Å². The van der Waals surface area contributed by atoms with E-state index < -0.39 is 10.0 Å². The van der Waals surface area contributed by atoms with Crippen molar-refractivity contribution in [1.82, 2.24) is 9.62 Å². The van der Waals surface area contributed by atoms with Gasteiger partial charge in [0.15, 0.2) is 0 Å². The molecule has 0 radical (unpaired) electrons. The molecule has 0 unspecified atom stereocenters. The summed E-state index contributed by atoms with van der Waals surface area (Å²) >= 11 is 11.8. The molecular formula is C10H12Cl2N2O2S. The molecule has 1 aromatic carbocycles. The summed E-state index contributed by atoms with van der Waals surface area (Å²) in [6, 6.07) is 4.63. The Bertz CT molecular complexity index is 513. The average molecular weight is 295 g/mol. The number of nitrogens with one attached hydrogen (secondary N) is 1. The van der Waals surface area contributed by atoms with Crippen LogP contribution in [0.1, 0.15) is 0 Å². The summed E-state index contributed by atoms with van der Waals surface area (Å²) in [5, 5.41) is 3.44. The predicted octanol–water partition coefficient (Wildman–Crippen LogP) is 1.59. The van der Waals surface area contributed by atoms with Crippen LogP contribution >= 0.6 is 23.2 Å². The fraction of sp³-hybridized carbons (Fsp3) is 0.400. The highest BCUT2D eigenvalue weighted by Crippen LogP contribution is 2.30. The van der Waals surface area contributed by atoms with Crippen molar-refractivity contribution in [2.75, 3.05) is 26.2 Å². The molecule has 0 aromatic heterocycles. The lowest BCUT2D eigenvalue weighted by molar-refractivity contribution is 0.360. The topological polar surface area (TPSA) is 49.4 Å². The van der Waals surface area contributed by atoms with E-state index in [-0.39, 0.29) is 14.9 Å². The zero-order valence-electron chi connectivity index (χ0n) is 8.99. The molecule has 94 valence electrons. The van der Waals surface area contributed by atoms with Gasteiger partial charge in [0.1, 0.15) is 4.90 Å². The zero-order valence-corrected chi connectivity index (χ0v) is 11.3. The molecule has 1 aliphatic heterocycles. The summed E-state index contributed by atoms with van der Waals surface area (Å²) in [6.45, 7) is 2.20. The monoisotopic (exact) mass is 294 g/mol. The third kappa shape index (κ3) is 2.58. The summed E-state index contributed by atoms with van der Waals surface area (Å²) in [5.74, 6) is 0. The van der Waals surface area contributed by atoms with Crippen molar-refractivity contribution in [2.45, 2.75) is 4.90 Å². The first-order chi connectivity index (χ1) is 8.03. The Kier molecular flexibility index (Phi) is 3.95. The van der Waals surface area contributed by atoms with Gasteiger partial charge in [0.2, 0.25) is 10.0 Å². The molecule has 4 nitrogen and oxygen atoms in total. The number of nitrogens with zero attached hydrogens (tertiary/aromatic N) is 1. The number of hydrogen-bond acceptors (Lipinski definition) is 3. The summed E-state index contributed by atoms with van der Waals surface area (Å²) in [7, 11) is -3.54. The lowest BCUT2D eigenvalue weighted by Crippen LogP contribution is -2.46. The molecule has 0 spiro atoms. The van der Waals surface area contributed by atoms with Crippen LogP contribution in [0, 0.1) is 0 Å². The highest BCUT2D eigenvalue weighted by molar-refractivity contribution is 7.89. The maximum absolute atomic E-state index is 12.3. The second-order valence-electron chi connectivity index (χ2n) is 3.71. The molecule has 2 rings (SSSR count). The Labute approximate surface area is 111 Å². The maximum Gasteiger partial charge on any atom is 0.244 e. The van der Waals surface area contributed by atoms with Crippen molar-refractivity contribution < 1.29 is 8.42 Å². The van der Waals surface area contributed by atoms with E-state index in [0.29, 0.717) is 26.2 Å². The van der Waals surface area contributed by atoms with E-state index in [1.807, 2.05) is 0 Å². The minimum absolute atomic E-state index is 0.0774. The molecule has 1 heterocycles. The fourth-order valence-corrected chi connectivity index (χ4v) is 3.88. The van der Waals surface area contributed by atoms with Crippen molar-refractivity contribution >= 4 is 33.2 Å². The van der Waals surface area contributed by atoms with Gasteiger partial charge in [-0.1, -0.05) is 29.3 Å². The van der Waals surface area contributed by atoms with Gasteiger partial charge < -0.3 is 5.32 Å². The maximum atomic E-state index is 12.3. The van der Waals surface area contributed by atoms with Crippen LogP contribution < -0.4 is 5.32 Å². The Morgan fingerprint density at radius 2 is 1.82 bits per heavy atom. The predicted molar refractivity (Wildman–Crippen MR) is 68.1 cm³/mol. The molecule has 1 aromatic rings. The third-order valence-corrected chi connectivity index (χ3v) is 5.48. The molecular weight excluding hydrogens is 283 g/mol. The van der Waals surface area contributed by atoms with Gasteiger partial charge in [0.25, 0.3) is 0 Å². The highest BCUT2D eigenvalue weighted by Gasteiger charge is 2.28. The summed E-state index contributed by atoms with van der Waals surface area (Å²) in [6.07, 6.45) is 0. The number of piperazine rings is 1. The van der Waals surface area contributed by atoms with Crippen molar-refractivity contribution in [2.24, 2.45) is 0 Å². The van der Waals surface area contributed by atoms with Gasteiger partial charge in [-0.05, 0) is 12.1 Å². The van der Waals surface area contributed by atoms with Crippen molar-refractivity contribution in [3.63, 3.8) is 0 Å². The van der Waals surface area contributed by atoms with E-state index in [9.17, 15) is 8.42 Å². The van der Waals surface area contributed by atoms with E-state index in [1.54, 1.807) is 12.1 Å². The van der Waals surface area contributed by atoms with Gasteiger partial charge in [-0.3, -0.25) is 0 Å². The van der Waals surface area contributed by atoms with E-state index in [1.165, 1.54) is 10.4 Å². The molecule has 7 heteroatoms. The molecule has 17 heavy (non-hydrogen) atoms. The standard InChI is InChI=1S/C10H12Cl2N2O2S/c11-8-2-1-3-9(10(8)12)17(15,16)14-6-4-13-5-7-14/h1-3,13H,4-7H2. The molecule has 0 bridgehead atoms. The van der Waals surface area contributed by atoms with Crippen LogP contribution in [0.15, 0.2) is 23.1 Å². The molecule has 0 atom stereocenters. The van der Waals surface area contributed by atoms with Crippen LogP contribution in [0.2, 0.25) is 10.0 Å². The van der Waals surface area contributed by atoms with E-state index in [4.69, 9.17) is 23.2 Å².